The van der Waals surface area contributed by atoms with Gasteiger partial charge in [-0.1, -0.05) is 53.0 Å². The molecule has 1 aliphatic heterocycles. The summed E-state index contributed by atoms with van der Waals surface area (Å²) in [6.45, 7) is 4.05. The lowest BCUT2D eigenvalue weighted by atomic mass is 10.0. The van der Waals surface area contributed by atoms with Crippen LogP contribution < -0.4 is 5.32 Å². The Morgan fingerprint density at radius 3 is 2.56 bits per heavy atom. The van der Waals surface area contributed by atoms with Gasteiger partial charge in [-0.15, -0.1) is 5.10 Å². The van der Waals surface area contributed by atoms with E-state index < -0.39 is 0 Å². The second-order valence-corrected chi connectivity index (χ2v) is 7.00. The molecular weight excluding hydrogens is 355 g/mol. The first kappa shape index (κ1) is 16.2. The molecule has 0 saturated heterocycles. The van der Waals surface area contributed by atoms with Crippen molar-refractivity contribution in [3.05, 3.63) is 75.4 Å². The minimum Gasteiger partial charge on any atom is -0.329 e. The highest BCUT2D eigenvalue weighted by atomic mass is 35.5. The smallest absolute Gasteiger partial charge is 0.226 e. The van der Waals surface area contributed by atoms with E-state index in [1.807, 2.05) is 35.9 Å². The van der Waals surface area contributed by atoms with Gasteiger partial charge in [-0.25, -0.2) is 4.68 Å². The normalized spacial score (nSPS) is 16.2. The Bertz CT molecular complexity index is 974. The highest BCUT2D eigenvalue weighted by Crippen LogP contribution is 2.35. The van der Waals surface area contributed by atoms with Gasteiger partial charge >= 0.3 is 0 Å². The monoisotopic (exact) mass is 370 g/mol. The molecule has 1 aliphatic rings. The summed E-state index contributed by atoms with van der Waals surface area (Å²) in [5.74, 6) is 1.37. The van der Waals surface area contributed by atoms with E-state index in [9.17, 15) is 0 Å². The Balaban J connectivity index is 1.82. The van der Waals surface area contributed by atoms with Crippen molar-refractivity contribution in [2.24, 2.45) is 0 Å². The summed E-state index contributed by atoms with van der Waals surface area (Å²) >= 11 is 12.6. The molecule has 0 bridgehead atoms. The van der Waals surface area contributed by atoms with Crippen LogP contribution in [0.1, 0.15) is 24.1 Å². The first-order valence-corrected chi connectivity index (χ1v) is 8.71. The zero-order chi connectivity index (χ0) is 17.6. The highest BCUT2D eigenvalue weighted by molar-refractivity contribution is 6.33. The second-order valence-electron chi connectivity index (χ2n) is 6.15. The van der Waals surface area contributed by atoms with Crippen molar-refractivity contribution >= 4 is 29.2 Å². The number of halogens is 2. The Morgan fingerprint density at radius 2 is 1.80 bits per heavy atom. The summed E-state index contributed by atoms with van der Waals surface area (Å²) in [7, 11) is 0. The van der Waals surface area contributed by atoms with E-state index in [0.29, 0.717) is 21.8 Å². The van der Waals surface area contributed by atoms with Crippen molar-refractivity contribution < 1.29 is 0 Å². The Hall–Kier alpha value is -2.30. The maximum Gasteiger partial charge on any atom is 0.226 e. The molecule has 4 rings (SSSR count). The molecule has 0 radical (unpaired) electrons. The standard InChI is InChI=1S/C19H16Cl2N4/c1-11-3-5-13(6-4-11)18-23-19-22-12(2)9-17(25(19)24-18)15-10-14(20)7-8-16(15)21/h3-10,17H,1-2H3,(H,22,23,24). The average Bonchev–Trinajstić information content (AvgIpc) is 3.01. The molecule has 25 heavy (non-hydrogen) atoms. The largest absolute Gasteiger partial charge is 0.329 e. The minimum absolute atomic E-state index is 0.158. The van der Waals surface area contributed by atoms with Crippen molar-refractivity contribution in [2.75, 3.05) is 5.32 Å². The van der Waals surface area contributed by atoms with Crippen LogP contribution in [0.3, 0.4) is 0 Å². The maximum absolute atomic E-state index is 6.42. The molecule has 0 aliphatic carbocycles. The molecule has 1 unspecified atom stereocenters. The second kappa shape index (κ2) is 6.21. The third-order valence-corrected chi connectivity index (χ3v) is 4.78. The van der Waals surface area contributed by atoms with E-state index in [1.54, 1.807) is 6.07 Å². The van der Waals surface area contributed by atoms with Crippen LogP contribution in [0.25, 0.3) is 11.4 Å². The zero-order valence-electron chi connectivity index (χ0n) is 13.8. The number of rotatable bonds is 2. The van der Waals surface area contributed by atoms with E-state index in [0.717, 1.165) is 16.8 Å². The molecule has 0 saturated carbocycles. The van der Waals surface area contributed by atoms with Crippen molar-refractivity contribution in [1.82, 2.24) is 14.8 Å². The van der Waals surface area contributed by atoms with Crippen LogP contribution in [-0.4, -0.2) is 14.8 Å². The van der Waals surface area contributed by atoms with Gasteiger partial charge in [-0.2, -0.15) is 4.98 Å². The van der Waals surface area contributed by atoms with Gasteiger partial charge in [0, 0.05) is 26.9 Å². The number of hydrogen-bond donors (Lipinski definition) is 1. The van der Waals surface area contributed by atoms with Gasteiger partial charge in [0.25, 0.3) is 0 Å². The van der Waals surface area contributed by atoms with Gasteiger partial charge in [0.1, 0.15) is 6.04 Å². The Kier molecular flexibility index (Phi) is 4.02. The van der Waals surface area contributed by atoms with E-state index in [1.165, 1.54) is 5.56 Å². The van der Waals surface area contributed by atoms with Gasteiger partial charge < -0.3 is 5.32 Å². The molecule has 0 amide bonds. The third-order valence-electron chi connectivity index (χ3n) is 4.20. The van der Waals surface area contributed by atoms with Gasteiger partial charge in [0.2, 0.25) is 5.95 Å². The molecular formula is C19H16Cl2N4. The van der Waals surface area contributed by atoms with Crippen molar-refractivity contribution in [3.63, 3.8) is 0 Å². The first-order valence-electron chi connectivity index (χ1n) is 7.95. The predicted molar refractivity (Wildman–Crippen MR) is 102 cm³/mol. The molecule has 1 atom stereocenters. The molecule has 1 aromatic heterocycles. The SMILES string of the molecule is CC1=CC(c2cc(Cl)ccc2Cl)n2nc(-c3ccc(C)cc3)nc2N1. The van der Waals surface area contributed by atoms with Crippen LogP contribution >= 0.6 is 23.2 Å². The number of anilines is 1. The number of fused-ring (bicyclic) bond motifs is 1. The van der Waals surface area contributed by atoms with Crippen molar-refractivity contribution in [3.8, 4) is 11.4 Å². The van der Waals surface area contributed by atoms with Gasteiger partial charge in [0.05, 0.1) is 0 Å². The number of benzene rings is 2. The zero-order valence-corrected chi connectivity index (χ0v) is 15.3. The van der Waals surface area contributed by atoms with E-state index in [4.69, 9.17) is 28.3 Å². The number of aromatic nitrogens is 3. The highest BCUT2D eigenvalue weighted by Gasteiger charge is 2.25. The molecule has 0 spiro atoms. The lowest BCUT2D eigenvalue weighted by Crippen LogP contribution is -2.20. The Morgan fingerprint density at radius 1 is 1.04 bits per heavy atom. The van der Waals surface area contributed by atoms with Gasteiger partial charge in [0.15, 0.2) is 5.82 Å². The van der Waals surface area contributed by atoms with Crippen LogP contribution in [0.5, 0.6) is 0 Å². The molecule has 2 heterocycles. The molecule has 4 nitrogen and oxygen atoms in total. The summed E-state index contributed by atoms with van der Waals surface area (Å²) in [5, 5.41) is 9.27. The number of allylic oxidation sites excluding steroid dienone is 2. The molecule has 0 fully saturated rings. The van der Waals surface area contributed by atoms with Crippen molar-refractivity contribution in [1.29, 1.82) is 0 Å². The summed E-state index contributed by atoms with van der Waals surface area (Å²) in [6.07, 6.45) is 2.07. The summed E-state index contributed by atoms with van der Waals surface area (Å²) in [5.41, 5.74) is 4.07. The van der Waals surface area contributed by atoms with Crippen LogP contribution in [0.15, 0.2) is 54.2 Å². The molecule has 1 N–H and O–H groups in total. The maximum atomic E-state index is 6.42. The van der Waals surface area contributed by atoms with Crippen LogP contribution in [0.2, 0.25) is 10.0 Å². The number of nitrogens with zero attached hydrogens (tertiary/aromatic N) is 3. The van der Waals surface area contributed by atoms with Gasteiger partial charge in [-0.05, 0) is 38.1 Å². The summed E-state index contributed by atoms with van der Waals surface area (Å²) < 4.78 is 1.85. The van der Waals surface area contributed by atoms with E-state index in [-0.39, 0.29) is 6.04 Å². The molecule has 126 valence electrons. The average molecular weight is 371 g/mol. The number of nitrogens with one attached hydrogen (secondary N) is 1. The fourth-order valence-corrected chi connectivity index (χ4v) is 3.33. The quantitative estimate of drug-likeness (QED) is 0.649. The summed E-state index contributed by atoms with van der Waals surface area (Å²) in [4.78, 5) is 4.65. The predicted octanol–water partition coefficient (Wildman–Crippen LogP) is 5.48. The molecule has 6 heteroatoms. The first-order chi connectivity index (χ1) is 12.0. The van der Waals surface area contributed by atoms with E-state index >= 15 is 0 Å². The number of aryl methyl sites for hydroxylation is 1. The lowest BCUT2D eigenvalue weighted by molar-refractivity contribution is 0.605. The van der Waals surface area contributed by atoms with Crippen LogP contribution in [-0.2, 0) is 0 Å². The van der Waals surface area contributed by atoms with Crippen LogP contribution in [0.4, 0.5) is 5.95 Å². The summed E-state index contributed by atoms with van der Waals surface area (Å²) in [6, 6.07) is 13.5. The molecule has 3 aromatic rings. The van der Waals surface area contributed by atoms with Crippen molar-refractivity contribution in [2.45, 2.75) is 19.9 Å². The van der Waals surface area contributed by atoms with Crippen LogP contribution in [0, 0.1) is 6.92 Å². The van der Waals surface area contributed by atoms with Gasteiger partial charge in [-0.3, -0.25) is 0 Å². The van der Waals surface area contributed by atoms with E-state index in [2.05, 4.69) is 35.4 Å². The topological polar surface area (TPSA) is 42.7 Å². The fourth-order valence-electron chi connectivity index (χ4n) is 2.92. The Labute approximate surface area is 156 Å². The minimum atomic E-state index is -0.158. The number of hydrogen-bond acceptors (Lipinski definition) is 3. The fraction of sp³-hybridized carbons (Fsp3) is 0.158. The lowest BCUT2D eigenvalue weighted by Gasteiger charge is -2.23. The molecule has 2 aromatic carbocycles. The third kappa shape index (κ3) is 3.03.